The van der Waals surface area contributed by atoms with Crippen LogP contribution in [0.1, 0.15) is 42.0 Å². The predicted molar refractivity (Wildman–Crippen MR) is 125 cm³/mol. The summed E-state index contributed by atoms with van der Waals surface area (Å²) in [6, 6.07) is 20.4. The second-order valence-electron chi connectivity index (χ2n) is 7.62. The summed E-state index contributed by atoms with van der Waals surface area (Å²) < 4.78 is 30.1. The third-order valence-corrected chi connectivity index (χ3v) is 5.22. The molecule has 3 aromatic rings. The Morgan fingerprint density at radius 3 is 2.39 bits per heavy atom. The summed E-state index contributed by atoms with van der Waals surface area (Å²) in [4.78, 5) is 0. The molecule has 0 aliphatic heterocycles. The highest BCUT2D eigenvalue weighted by atomic mass is 19.1. The number of aryl methyl sites for hydroxylation is 2. The molecule has 1 nitrogen and oxygen atoms in total. The highest BCUT2D eigenvalue weighted by Gasteiger charge is 2.16. The van der Waals surface area contributed by atoms with Gasteiger partial charge in [-0.1, -0.05) is 62.0 Å². The zero-order valence-electron chi connectivity index (χ0n) is 18.1. The van der Waals surface area contributed by atoms with Crippen LogP contribution in [0.25, 0.3) is 11.6 Å². The van der Waals surface area contributed by atoms with Crippen molar-refractivity contribution in [2.75, 3.05) is 6.61 Å². The van der Waals surface area contributed by atoms with Crippen LogP contribution in [0, 0.1) is 18.6 Å². The van der Waals surface area contributed by atoms with Gasteiger partial charge in [-0.3, -0.25) is 0 Å². The molecule has 0 heterocycles. The molecule has 1 aliphatic rings. The minimum atomic E-state index is -0.530. The number of hydrogen-bond acceptors (Lipinski definition) is 1. The molecule has 3 heteroatoms. The average molecular weight is 419 g/mol. The molecule has 3 aromatic carbocycles. The van der Waals surface area contributed by atoms with Gasteiger partial charge in [0.15, 0.2) is 0 Å². The number of halogens is 2. The van der Waals surface area contributed by atoms with Gasteiger partial charge in [0.2, 0.25) is 0 Å². The van der Waals surface area contributed by atoms with Crippen molar-refractivity contribution in [2.24, 2.45) is 0 Å². The molecule has 0 saturated carbocycles. The molecule has 0 atom stereocenters. The Labute approximate surface area is 183 Å². The van der Waals surface area contributed by atoms with Gasteiger partial charge in [0.1, 0.15) is 17.4 Å². The van der Waals surface area contributed by atoms with Crippen molar-refractivity contribution in [3.8, 4) is 5.75 Å². The molecule has 0 bridgehead atoms. The molecule has 160 valence electrons. The van der Waals surface area contributed by atoms with Gasteiger partial charge in [0.05, 0.1) is 6.61 Å². The summed E-state index contributed by atoms with van der Waals surface area (Å²) in [6.45, 7) is 8.78. The van der Waals surface area contributed by atoms with E-state index in [0.29, 0.717) is 5.56 Å². The SMILES string of the molecule is C=C1/C(=C/c2ccc(OCCC)cc2)CCc2ccccc21.Cc1ccc(F)cc1F. The Balaban J connectivity index is 0.000000254. The quantitative estimate of drug-likeness (QED) is 0.420. The van der Waals surface area contributed by atoms with Crippen LogP contribution in [0.2, 0.25) is 0 Å². The van der Waals surface area contributed by atoms with Gasteiger partial charge in [-0.15, -0.1) is 0 Å². The van der Waals surface area contributed by atoms with E-state index < -0.39 is 11.6 Å². The van der Waals surface area contributed by atoms with Gasteiger partial charge in [-0.05, 0) is 77.8 Å². The van der Waals surface area contributed by atoms with Crippen LogP contribution in [-0.4, -0.2) is 6.61 Å². The molecule has 0 spiro atoms. The van der Waals surface area contributed by atoms with Crippen LogP contribution in [0.15, 0.2) is 78.9 Å². The van der Waals surface area contributed by atoms with Gasteiger partial charge < -0.3 is 4.74 Å². The Bertz CT molecular complexity index is 1060. The zero-order chi connectivity index (χ0) is 22.2. The maximum absolute atomic E-state index is 12.3. The summed E-state index contributed by atoms with van der Waals surface area (Å²) in [5.74, 6) is -0.0788. The van der Waals surface area contributed by atoms with Crippen molar-refractivity contribution in [3.05, 3.63) is 113 Å². The van der Waals surface area contributed by atoms with Crippen LogP contribution in [0.5, 0.6) is 5.75 Å². The fourth-order valence-corrected chi connectivity index (χ4v) is 3.43. The molecule has 1 aliphatic carbocycles. The van der Waals surface area contributed by atoms with Gasteiger partial charge in [0, 0.05) is 6.07 Å². The van der Waals surface area contributed by atoms with E-state index in [-0.39, 0.29) is 0 Å². The molecule has 0 radical (unpaired) electrons. The summed E-state index contributed by atoms with van der Waals surface area (Å²) in [5, 5.41) is 0. The summed E-state index contributed by atoms with van der Waals surface area (Å²) in [5.41, 5.74) is 6.88. The van der Waals surface area contributed by atoms with E-state index in [1.807, 2.05) is 12.1 Å². The molecule has 31 heavy (non-hydrogen) atoms. The second kappa shape index (κ2) is 10.7. The predicted octanol–water partition coefficient (Wildman–Crippen LogP) is 7.79. The lowest BCUT2D eigenvalue weighted by molar-refractivity contribution is 0.317. The molecule has 0 fully saturated rings. The average Bonchev–Trinajstić information content (AvgIpc) is 2.78. The van der Waals surface area contributed by atoms with E-state index in [4.69, 9.17) is 4.74 Å². The second-order valence-corrected chi connectivity index (χ2v) is 7.62. The number of fused-ring (bicyclic) bond motifs is 1. The summed E-state index contributed by atoms with van der Waals surface area (Å²) in [7, 11) is 0. The first-order chi connectivity index (χ1) is 15.0. The fraction of sp³-hybridized carbons (Fsp3) is 0.214. The Hall–Kier alpha value is -3.20. The molecule has 0 saturated heterocycles. The van der Waals surface area contributed by atoms with Crippen LogP contribution in [0.3, 0.4) is 0 Å². The highest BCUT2D eigenvalue weighted by molar-refractivity contribution is 5.86. The lowest BCUT2D eigenvalue weighted by Crippen LogP contribution is -2.03. The van der Waals surface area contributed by atoms with E-state index in [0.717, 1.165) is 43.3 Å². The minimum Gasteiger partial charge on any atom is -0.494 e. The Morgan fingerprint density at radius 1 is 0.968 bits per heavy atom. The van der Waals surface area contributed by atoms with E-state index in [2.05, 4.69) is 56.0 Å². The largest absolute Gasteiger partial charge is 0.494 e. The molecule has 4 rings (SSSR count). The third kappa shape index (κ3) is 6.14. The van der Waals surface area contributed by atoms with Crippen molar-refractivity contribution in [1.29, 1.82) is 0 Å². The van der Waals surface area contributed by atoms with Gasteiger partial charge in [-0.25, -0.2) is 8.78 Å². The molecular weight excluding hydrogens is 390 g/mol. The molecular formula is C28H28F2O. The Kier molecular flexibility index (Phi) is 7.77. The van der Waals surface area contributed by atoms with Gasteiger partial charge in [-0.2, -0.15) is 0 Å². The first-order valence-electron chi connectivity index (χ1n) is 10.6. The lowest BCUT2D eigenvalue weighted by Gasteiger charge is -2.21. The number of rotatable bonds is 4. The number of benzene rings is 3. The molecule has 0 unspecified atom stereocenters. The number of ether oxygens (including phenoxy) is 1. The van der Waals surface area contributed by atoms with E-state index >= 15 is 0 Å². The molecule has 0 N–H and O–H groups in total. The van der Waals surface area contributed by atoms with E-state index in [9.17, 15) is 8.78 Å². The van der Waals surface area contributed by atoms with E-state index in [1.54, 1.807) is 6.92 Å². The smallest absolute Gasteiger partial charge is 0.129 e. The van der Waals surface area contributed by atoms with Crippen LogP contribution < -0.4 is 4.74 Å². The fourth-order valence-electron chi connectivity index (χ4n) is 3.43. The minimum absolute atomic E-state index is 0.469. The maximum Gasteiger partial charge on any atom is 0.129 e. The normalized spacial score (nSPS) is 13.9. The summed E-state index contributed by atoms with van der Waals surface area (Å²) in [6.07, 6.45) is 5.44. The number of hydrogen-bond donors (Lipinski definition) is 0. The van der Waals surface area contributed by atoms with E-state index in [1.165, 1.54) is 34.4 Å². The van der Waals surface area contributed by atoms with Crippen LogP contribution in [-0.2, 0) is 6.42 Å². The standard InChI is InChI=1S/C21H22O.C7H6F2/c1-3-14-22-20-12-8-17(9-13-20)15-19-11-10-18-6-4-5-7-21(18)16(19)2;1-5-2-3-6(8)4-7(5)9/h4-9,12-13,15H,2-3,10-11,14H2,1H3;2-4H,1H3/b19-15+;. The first-order valence-corrected chi connectivity index (χ1v) is 10.6. The first kappa shape index (κ1) is 22.5. The van der Waals surface area contributed by atoms with Crippen molar-refractivity contribution < 1.29 is 13.5 Å². The Morgan fingerprint density at radius 2 is 1.71 bits per heavy atom. The van der Waals surface area contributed by atoms with Gasteiger partial charge in [0.25, 0.3) is 0 Å². The zero-order valence-corrected chi connectivity index (χ0v) is 18.1. The molecule has 0 aromatic heterocycles. The lowest BCUT2D eigenvalue weighted by atomic mass is 9.84. The topological polar surface area (TPSA) is 9.23 Å². The van der Waals surface area contributed by atoms with Crippen LogP contribution >= 0.6 is 0 Å². The van der Waals surface area contributed by atoms with Gasteiger partial charge >= 0.3 is 0 Å². The van der Waals surface area contributed by atoms with Crippen LogP contribution in [0.4, 0.5) is 8.78 Å². The van der Waals surface area contributed by atoms with Crippen molar-refractivity contribution in [1.82, 2.24) is 0 Å². The summed E-state index contributed by atoms with van der Waals surface area (Å²) >= 11 is 0. The molecule has 0 amide bonds. The maximum atomic E-state index is 12.3. The monoisotopic (exact) mass is 418 g/mol. The van der Waals surface area contributed by atoms with Crippen molar-refractivity contribution in [2.45, 2.75) is 33.1 Å². The third-order valence-electron chi connectivity index (χ3n) is 5.22. The highest BCUT2D eigenvalue weighted by Crippen LogP contribution is 2.34. The number of allylic oxidation sites excluding steroid dienone is 2. The van der Waals surface area contributed by atoms with Crippen molar-refractivity contribution >= 4 is 11.6 Å². The van der Waals surface area contributed by atoms with Crippen molar-refractivity contribution in [3.63, 3.8) is 0 Å².